The zero-order chi connectivity index (χ0) is 31.4. The molecule has 1 N–H and O–H groups in total. The van der Waals surface area contributed by atoms with Crippen LogP contribution in [0, 0.1) is 6.92 Å². The molecule has 42 heavy (non-hydrogen) atoms. The number of rotatable bonds is 8. The molecule has 1 aliphatic heterocycles. The van der Waals surface area contributed by atoms with E-state index in [2.05, 4.69) is 5.32 Å². The molecule has 0 saturated carbocycles. The van der Waals surface area contributed by atoms with Crippen molar-refractivity contribution in [1.29, 1.82) is 0 Å². The van der Waals surface area contributed by atoms with E-state index in [4.69, 9.17) is 16.3 Å². The topological polar surface area (TPSA) is 79.0 Å². The van der Waals surface area contributed by atoms with Crippen LogP contribution in [0.25, 0.3) is 0 Å². The molecule has 0 spiro atoms. The monoisotopic (exact) mass is 630 g/mol. The Labute approximate surface area is 253 Å². The SMILES string of the molecule is CC[SH+](=O)c1ccc(C)cc1CNC(=O)c1cc(Cl)c(CN2CCC[C@H](N(C)C(=O)OC(C)(C)C)C2)c(C(F)(F)F)c1. The summed E-state index contributed by atoms with van der Waals surface area (Å²) in [5.41, 5.74) is -0.422. The van der Waals surface area contributed by atoms with E-state index in [0.29, 0.717) is 42.1 Å². The summed E-state index contributed by atoms with van der Waals surface area (Å²) in [6, 6.07) is 7.23. The lowest BCUT2D eigenvalue weighted by molar-refractivity contribution is -0.138. The van der Waals surface area contributed by atoms with Gasteiger partial charge in [0.2, 0.25) is 0 Å². The molecular formula is C30H40ClF3N3O4S+. The van der Waals surface area contributed by atoms with Gasteiger partial charge in [0.15, 0.2) is 4.90 Å². The molecule has 0 aromatic heterocycles. The Morgan fingerprint density at radius 3 is 2.50 bits per heavy atom. The molecule has 2 aromatic carbocycles. The molecule has 2 amide bonds. The molecule has 2 atom stereocenters. The van der Waals surface area contributed by atoms with Crippen LogP contribution in [0.1, 0.15) is 73.1 Å². The molecule has 12 heteroatoms. The van der Waals surface area contributed by atoms with E-state index in [0.717, 1.165) is 11.6 Å². The Bertz CT molecular complexity index is 1330. The van der Waals surface area contributed by atoms with Crippen molar-refractivity contribution in [3.8, 4) is 0 Å². The Morgan fingerprint density at radius 1 is 1.19 bits per heavy atom. The molecule has 1 unspecified atom stereocenters. The number of hydrogen-bond acceptors (Lipinski definition) is 5. The summed E-state index contributed by atoms with van der Waals surface area (Å²) in [4.78, 5) is 29.5. The highest BCUT2D eigenvalue weighted by atomic mass is 35.5. The lowest BCUT2D eigenvalue weighted by Crippen LogP contribution is -2.49. The fourth-order valence-corrected chi connectivity index (χ4v) is 6.25. The third kappa shape index (κ3) is 8.94. The van der Waals surface area contributed by atoms with Crippen molar-refractivity contribution in [3.63, 3.8) is 0 Å². The van der Waals surface area contributed by atoms with Gasteiger partial charge in [0.1, 0.15) is 22.2 Å². The number of hydrogen-bond donors (Lipinski definition) is 1. The second-order valence-electron chi connectivity index (χ2n) is 11.6. The Hall–Kier alpha value is -2.63. The van der Waals surface area contributed by atoms with Crippen LogP contribution in [0.15, 0.2) is 35.2 Å². The van der Waals surface area contributed by atoms with Gasteiger partial charge in [-0.2, -0.15) is 13.2 Å². The van der Waals surface area contributed by atoms with Gasteiger partial charge in [-0.05, 0) is 83.8 Å². The van der Waals surface area contributed by atoms with Gasteiger partial charge in [0.05, 0.1) is 5.56 Å². The summed E-state index contributed by atoms with van der Waals surface area (Å²) in [5, 5.41) is 2.50. The zero-order valence-corrected chi connectivity index (χ0v) is 26.6. The van der Waals surface area contributed by atoms with E-state index in [1.54, 1.807) is 40.8 Å². The van der Waals surface area contributed by atoms with Gasteiger partial charge in [0, 0.05) is 48.9 Å². The van der Waals surface area contributed by atoms with Crippen molar-refractivity contribution in [2.24, 2.45) is 0 Å². The standard InChI is InChI=1S/C30H39ClF3N3O4S/c1-7-42(40)26-11-10-19(2)13-21(26)16-35-27(38)20-14-24(30(32,33)34)23(25(31)15-20)18-37-12-8-9-22(17-37)36(6)28(39)41-29(3,4)5/h10-11,13-15,22H,7-9,12,16-18H2,1-6H3,(H,35,38)/p+1/t22-,42?/m0/s1. The van der Waals surface area contributed by atoms with E-state index in [1.807, 2.05) is 24.0 Å². The van der Waals surface area contributed by atoms with E-state index < -0.39 is 40.1 Å². The van der Waals surface area contributed by atoms with Crippen LogP contribution in [-0.2, 0) is 39.0 Å². The van der Waals surface area contributed by atoms with E-state index in [1.165, 1.54) is 11.0 Å². The van der Waals surface area contributed by atoms with Crippen molar-refractivity contribution < 1.29 is 31.7 Å². The van der Waals surface area contributed by atoms with Gasteiger partial charge in [-0.3, -0.25) is 9.69 Å². The third-order valence-corrected chi connectivity index (χ3v) is 8.97. The maximum atomic E-state index is 14.3. The molecule has 0 radical (unpaired) electrons. The van der Waals surface area contributed by atoms with Crippen LogP contribution < -0.4 is 5.32 Å². The van der Waals surface area contributed by atoms with Crippen LogP contribution in [-0.4, -0.2) is 59.3 Å². The van der Waals surface area contributed by atoms with Crippen LogP contribution >= 0.6 is 11.6 Å². The number of nitrogens with one attached hydrogen (secondary N) is 1. The summed E-state index contributed by atoms with van der Waals surface area (Å²) < 4.78 is 60.7. The quantitative estimate of drug-likeness (QED) is 0.266. The molecule has 0 bridgehead atoms. The number of nitrogens with zero attached hydrogens (tertiary/aromatic N) is 2. The number of alkyl halides is 3. The van der Waals surface area contributed by atoms with Crippen molar-refractivity contribution in [2.45, 2.75) is 83.3 Å². The van der Waals surface area contributed by atoms with Crippen LogP contribution in [0.5, 0.6) is 0 Å². The number of likely N-dealkylation sites (tertiary alicyclic amines) is 1. The lowest BCUT2D eigenvalue weighted by atomic mass is 9.99. The summed E-state index contributed by atoms with van der Waals surface area (Å²) in [6.45, 7) is 9.78. The molecule has 1 saturated heterocycles. The predicted octanol–water partition coefficient (Wildman–Crippen LogP) is 6.50. The van der Waals surface area contributed by atoms with Crippen molar-refractivity contribution in [1.82, 2.24) is 15.1 Å². The first-order valence-electron chi connectivity index (χ1n) is 13.9. The number of piperidine rings is 1. The normalized spacial score (nSPS) is 17.0. The second kappa shape index (κ2) is 13.8. The molecule has 232 valence electrons. The number of amides is 2. The predicted molar refractivity (Wildman–Crippen MR) is 159 cm³/mol. The lowest BCUT2D eigenvalue weighted by Gasteiger charge is -2.38. The fraction of sp³-hybridized carbons (Fsp3) is 0.533. The molecule has 1 aliphatic rings. The van der Waals surface area contributed by atoms with Gasteiger partial charge in [0.25, 0.3) is 5.91 Å². The summed E-state index contributed by atoms with van der Waals surface area (Å²) >= 11 is 6.42. The number of thiol groups is 1. The fourth-order valence-electron chi connectivity index (χ4n) is 4.93. The van der Waals surface area contributed by atoms with Gasteiger partial charge in [-0.15, -0.1) is 4.21 Å². The van der Waals surface area contributed by atoms with Crippen molar-refractivity contribution in [2.75, 3.05) is 25.9 Å². The zero-order valence-electron chi connectivity index (χ0n) is 24.9. The highest BCUT2D eigenvalue weighted by Gasteiger charge is 2.37. The number of benzene rings is 2. The second-order valence-corrected chi connectivity index (χ2v) is 13.9. The number of carbonyl (C=O) groups is 2. The molecular weight excluding hydrogens is 591 g/mol. The number of carbonyl (C=O) groups excluding carboxylic acids is 2. The first kappa shape index (κ1) is 33.9. The van der Waals surface area contributed by atoms with Crippen LogP contribution in [0.4, 0.5) is 18.0 Å². The highest BCUT2D eigenvalue weighted by molar-refractivity contribution is 7.85. The smallest absolute Gasteiger partial charge is 0.416 e. The van der Waals surface area contributed by atoms with Gasteiger partial charge >= 0.3 is 12.3 Å². The molecule has 1 heterocycles. The summed E-state index contributed by atoms with van der Waals surface area (Å²) in [7, 11) is -0.0239. The number of aryl methyl sites for hydroxylation is 1. The van der Waals surface area contributed by atoms with Crippen LogP contribution in [0.3, 0.4) is 0 Å². The highest BCUT2D eigenvalue weighted by Crippen LogP contribution is 2.37. The molecule has 7 nitrogen and oxygen atoms in total. The molecule has 3 rings (SSSR count). The number of halogens is 4. The van der Waals surface area contributed by atoms with E-state index in [9.17, 15) is 27.0 Å². The molecule has 0 aliphatic carbocycles. The minimum Gasteiger partial charge on any atom is -0.444 e. The molecule has 2 aromatic rings. The van der Waals surface area contributed by atoms with Crippen LogP contribution in [0.2, 0.25) is 5.02 Å². The van der Waals surface area contributed by atoms with Crippen molar-refractivity contribution >= 4 is 34.4 Å². The third-order valence-electron chi connectivity index (χ3n) is 7.08. The average molecular weight is 631 g/mol. The Kier molecular flexibility index (Phi) is 11.1. The van der Waals surface area contributed by atoms with Crippen molar-refractivity contribution in [3.05, 3.63) is 63.2 Å². The number of ether oxygens (including phenoxy) is 1. The van der Waals surface area contributed by atoms with Gasteiger partial charge in [-0.25, -0.2) is 4.79 Å². The maximum Gasteiger partial charge on any atom is 0.416 e. The first-order valence-corrected chi connectivity index (χ1v) is 15.7. The summed E-state index contributed by atoms with van der Waals surface area (Å²) in [6.07, 6.45) is -3.86. The van der Waals surface area contributed by atoms with Gasteiger partial charge in [-0.1, -0.05) is 23.2 Å². The Morgan fingerprint density at radius 2 is 1.88 bits per heavy atom. The van der Waals surface area contributed by atoms with Gasteiger partial charge < -0.3 is 15.0 Å². The average Bonchev–Trinajstić information content (AvgIpc) is 2.90. The number of likely N-dealkylation sites (N-methyl/N-ethyl adjacent to an activating group) is 1. The maximum absolute atomic E-state index is 14.3. The minimum absolute atomic E-state index is 0.0119. The van der Waals surface area contributed by atoms with E-state index in [-0.39, 0.29) is 35.3 Å². The first-order chi connectivity index (χ1) is 19.5. The molecule has 1 fully saturated rings. The largest absolute Gasteiger partial charge is 0.444 e. The minimum atomic E-state index is -4.75. The summed E-state index contributed by atoms with van der Waals surface area (Å²) in [5.74, 6) is -0.286. The van der Waals surface area contributed by atoms with E-state index >= 15 is 0 Å². The Balaban J connectivity index is 1.80.